The molecule has 0 N–H and O–H groups in total. The van der Waals surface area contributed by atoms with Gasteiger partial charge in [0.1, 0.15) is 0 Å². The summed E-state index contributed by atoms with van der Waals surface area (Å²) in [4.78, 5) is 0. The molecule has 0 heterocycles. The third kappa shape index (κ3) is 2.65. The molecular formula is C10H17N2Si. The van der Waals surface area contributed by atoms with Gasteiger partial charge in [0, 0.05) is 0 Å². The van der Waals surface area contributed by atoms with Crippen molar-refractivity contribution in [3.05, 3.63) is 30.3 Å². The van der Waals surface area contributed by atoms with Crippen molar-refractivity contribution in [1.29, 1.82) is 0 Å². The van der Waals surface area contributed by atoms with Crippen LogP contribution in [0.2, 0.25) is 0 Å². The quantitative estimate of drug-likeness (QED) is 0.645. The standard InChI is InChI=1S/C10H17N2Si/c1-11(2)13(12(3)4)10-8-6-5-7-9-10/h5-9H,1-4H3. The molecule has 1 rings (SSSR count). The van der Waals surface area contributed by atoms with Crippen molar-refractivity contribution >= 4 is 14.3 Å². The van der Waals surface area contributed by atoms with Crippen LogP contribution in [-0.4, -0.2) is 46.4 Å². The van der Waals surface area contributed by atoms with Gasteiger partial charge in [-0.3, -0.25) is 0 Å². The van der Waals surface area contributed by atoms with Crippen molar-refractivity contribution in [2.45, 2.75) is 0 Å². The van der Waals surface area contributed by atoms with Crippen LogP contribution in [0, 0.1) is 0 Å². The summed E-state index contributed by atoms with van der Waals surface area (Å²) in [6, 6.07) is 10.7. The van der Waals surface area contributed by atoms with Gasteiger partial charge in [-0.15, -0.1) is 0 Å². The highest BCUT2D eigenvalue weighted by atomic mass is 28.3. The Hall–Kier alpha value is -0.643. The molecule has 0 saturated carbocycles. The van der Waals surface area contributed by atoms with E-state index in [-0.39, 0.29) is 0 Å². The van der Waals surface area contributed by atoms with Gasteiger partial charge in [0.2, 0.25) is 0 Å². The Balaban J connectivity index is 2.89. The molecule has 0 atom stereocenters. The van der Waals surface area contributed by atoms with Crippen LogP contribution in [0.1, 0.15) is 0 Å². The zero-order valence-corrected chi connectivity index (χ0v) is 9.78. The van der Waals surface area contributed by atoms with Crippen LogP contribution >= 0.6 is 0 Å². The summed E-state index contributed by atoms with van der Waals surface area (Å²) in [7, 11) is 7.87. The first kappa shape index (κ1) is 10.4. The Kier molecular flexibility index (Phi) is 3.66. The molecule has 1 aromatic rings. The number of rotatable bonds is 3. The monoisotopic (exact) mass is 193 g/mol. The Labute approximate surface area is 82.5 Å². The van der Waals surface area contributed by atoms with E-state index in [1.165, 1.54) is 5.19 Å². The summed E-state index contributed by atoms with van der Waals surface area (Å²) in [5, 5.41) is 1.43. The van der Waals surface area contributed by atoms with Crippen LogP contribution in [0.25, 0.3) is 0 Å². The zero-order valence-electron chi connectivity index (χ0n) is 8.78. The molecule has 0 fully saturated rings. The summed E-state index contributed by atoms with van der Waals surface area (Å²) in [6.07, 6.45) is 0. The number of hydrogen-bond donors (Lipinski definition) is 0. The second kappa shape index (κ2) is 4.55. The summed E-state index contributed by atoms with van der Waals surface area (Å²) in [5.41, 5.74) is 0. The van der Waals surface area contributed by atoms with E-state index in [4.69, 9.17) is 0 Å². The lowest BCUT2D eigenvalue weighted by atomic mass is 10.4. The number of hydrogen-bond acceptors (Lipinski definition) is 2. The largest absolute Gasteiger partial charge is 0.314 e. The topological polar surface area (TPSA) is 6.48 Å². The first-order chi connectivity index (χ1) is 6.13. The molecule has 0 aliphatic carbocycles. The number of nitrogens with zero attached hydrogens (tertiary/aromatic N) is 2. The molecule has 3 heteroatoms. The highest BCUT2D eigenvalue weighted by Gasteiger charge is 2.19. The molecule has 0 unspecified atom stereocenters. The Morgan fingerprint density at radius 1 is 0.846 bits per heavy atom. The zero-order chi connectivity index (χ0) is 9.84. The van der Waals surface area contributed by atoms with Crippen LogP contribution in [0.15, 0.2) is 30.3 Å². The SMILES string of the molecule is CN(C)[Si](c1ccccc1)N(C)C. The maximum Gasteiger partial charge on any atom is 0.265 e. The van der Waals surface area contributed by atoms with Gasteiger partial charge >= 0.3 is 0 Å². The maximum atomic E-state index is 2.31. The van der Waals surface area contributed by atoms with E-state index in [2.05, 4.69) is 67.7 Å². The van der Waals surface area contributed by atoms with E-state index in [0.717, 1.165) is 0 Å². The van der Waals surface area contributed by atoms with Gasteiger partial charge < -0.3 is 9.13 Å². The van der Waals surface area contributed by atoms with E-state index in [0.29, 0.717) is 0 Å². The van der Waals surface area contributed by atoms with Gasteiger partial charge in [0.15, 0.2) is 0 Å². The molecular weight excluding hydrogens is 176 g/mol. The summed E-state index contributed by atoms with van der Waals surface area (Å²) in [5.74, 6) is 0. The van der Waals surface area contributed by atoms with E-state index in [1.807, 2.05) is 0 Å². The molecule has 0 aliphatic rings. The van der Waals surface area contributed by atoms with Crippen molar-refractivity contribution in [1.82, 2.24) is 9.13 Å². The minimum absolute atomic E-state index is 0.690. The van der Waals surface area contributed by atoms with Crippen molar-refractivity contribution in [3.8, 4) is 0 Å². The molecule has 1 radical (unpaired) electrons. The van der Waals surface area contributed by atoms with Gasteiger partial charge in [-0.25, -0.2) is 0 Å². The molecule has 13 heavy (non-hydrogen) atoms. The lowest BCUT2D eigenvalue weighted by Gasteiger charge is -2.27. The maximum absolute atomic E-state index is 2.31. The fourth-order valence-electron chi connectivity index (χ4n) is 1.50. The van der Waals surface area contributed by atoms with E-state index in [1.54, 1.807) is 0 Å². The lowest BCUT2D eigenvalue weighted by molar-refractivity contribution is 0.531. The molecule has 0 aromatic heterocycles. The minimum Gasteiger partial charge on any atom is -0.314 e. The van der Waals surface area contributed by atoms with E-state index >= 15 is 0 Å². The third-order valence-electron chi connectivity index (χ3n) is 1.88. The molecule has 0 bridgehead atoms. The first-order valence-electron chi connectivity index (χ1n) is 4.40. The predicted octanol–water partition coefficient (Wildman–Crippen LogP) is 0.505. The van der Waals surface area contributed by atoms with Gasteiger partial charge in [-0.1, -0.05) is 30.3 Å². The molecule has 2 nitrogen and oxygen atoms in total. The van der Waals surface area contributed by atoms with Crippen molar-refractivity contribution in [2.75, 3.05) is 28.2 Å². The van der Waals surface area contributed by atoms with Gasteiger partial charge in [-0.05, 0) is 33.4 Å². The van der Waals surface area contributed by atoms with Crippen molar-refractivity contribution in [2.24, 2.45) is 0 Å². The normalized spacial score (nSPS) is 11.6. The molecule has 0 saturated heterocycles. The molecule has 0 amide bonds. The Morgan fingerprint density at radius 2 is 1.31 bits per heavy atom. The van der Waals surface area contributed by atoms with Crippen LogP contribution in [-0.2, 0) is 0 Å². The fourth-order valence-corrected chi connectivity index (χ4v) is 3.83. The minimum atomic E-state index is -0.690. The van der Waals surface area contributed by atoms with Gasteiger partial charge in [-0.2, -0.15) is 0 Å². The summed E-state index contributed by atoms with van der Waals surface area (Å²) >= 11 is 0. The summed E-state index contributed by atoms with van der Waals surface area (Å²) in [6.45, 7) is 0. The van der Waals surface area contributed by atoms with Crippen LogP contribution in [0.5, 0.6) is 0 Å². The van der Waals surface area contributed by atoms with Crippen molar-refractivity contribution in [3.63, 3.8) is 0 Å². The molecule has 1 aromatic carbocycles. The van der Waals surface area contributed by atoms with Crippen LogP contribution < -0.4 is 5.19 Å². The first-order valence-corrected chi connectivity index (χ1v) is 5.79. The molecule has 0 spiro atoms. The Morgan fingerprint density at radius 3 is 1.69 bits per heavy atom. The summed E-state index contributed by atoms with van der Waals surface area (Å²) < 4.78 is 4.61. The average molecular weight is 193 g/mol. The average Bonchev–Trinajstić information content (AvgIpc) is 2.04. The molecule has 0 aliphatic heterocycles. The third-order valence-corrected chi connectivity index (χ3v) is 4.42. The van der Waals surface area contributed by atoms with Crippen LogP contribution in [0.4, 0.5) is 0 Å². The van der Waals surface area contributed by atoms with Crippen molar-refractivity contribution < 1.29 is 0 Å². The Bertz CT molecular complexity index is 238. The molecule has 71 valence electrons. The van der Waals surface area contributed by atoms with Crippen LogP contribution in [0.3, 0.4) is 0 Å². The number of benzene rings is 1. The van der Waals surface area contributed by atoms with Gasteiger partial charge in [0.25, 0.3) is 9.12 Å². The fraction of sp³-hybridized carbons (Fsp3) is 0.400. The predicted molar refractivity (Wildman–Crippen MR) is 59.2 cm³/mol. The second-order valence-electron chi connectivity index (χ2n) is 3.48. The lowest BCUT2D eigenvalue weighted by Crippen LogP contribution is -2.54. The highest BCUT2D eigenvalue weighted by Crippen LogP contribution is 1.94. The van der Waals surface area contributed by atoms with Gasteiger partial charge in [0.05, 0.1) is 0 Å². The second-order valence-corrected chi connectivity index (χ2v) is 6.49. The van der Waals surface area contributed by atoms with E-state index in [9.17, 15) is 0 Å². The smallest absolute Gasteiger partial charge is 0.265 e. The van der Waals surface area contributed by atoms with E-state index < -0.39 is 9.12 Å². The highest BCUT2D eigenvalue weighted by molar-refractivity contribution is 6.67.